The molecule has 2 N–H and O–H groups in total. The predicted molar refractivity (Wildman–Crippen MR) is 125 cm³/mol. The first kappa shape index (κ1) is 19.7. The molecule has 0 atom stereocenters. The monoisotopic (exact) mass is 436 g/mol. The van der Waals surface area contributed by atoms with Gasteiger partial charge >= 0.3 is 0 Å². The van der Waals surface area contributed by atoms with Gasteiger partial charge in [-0.05, 0) is 36.1 Å². The number of fused-ring (bicyclic) bond motifs is 3. The number of aliphatic hydroxyl groups is 1. The quantitative estimate of drug-likeness (QED) is 0.463. The zero-order valence-corrected chi connectivity index (χ0v) is 18.3. The van der Waals surface area contributed by atoms with Gasteiger partial charge in [-0.15, -0.1) is 22.7 Å². The zero-order valence-electron chi connectivity index (χ0n) is 16.6. The first-order valence-electron chi connectivity index (χ1n) is 10.3. The van der Waals surface area contributed by atoms with Crippen LogP contribution in [0.15, 0.2) is 54.6 Å². The molecule has 5 rings (SSSR count). The second-order valence-electron chi connectivity index (χ2n) is 7.91. The number of carbonyl (C=O) groups is 1. The molecular weight excluding hydrogens is 412 g/mol. The van der Waals surface area contributed by atoms with Crippen LogP contribution in [-0.2, 0) is 13.1 Å². The van der Waals surface area contributed by atoms with E-state index in [1.54, 1.807) is 22.7 Å². The minimum absolute atomic E-state index is 0.0107. The van der Waals surface area contributed by atoms with E-state index < -0.39 is 0 Å². The maximum atomic E-state index is 12.7. The van der Waals surface area contributed by atoms with Gasteiger partial charge in [-0.1, -0.05) is 42.5 Å². The molecule has 0 bridgehead atoms. The lowest BCUT2D eigenvalue weighted by Crippen LogP contribution is -2.35. The highest BCUT2D eigenvalue weighted by Gasteiger charge is 2.17. The lowest BCUT2D eigenvalue weighted by Gasteiger charge is -2.29. The van der Waals surface area contributed by atoms with Crippen molar-refractivity contribution in [2.45, 2.75) is 32.0 Å². The van der Waals surface area contributed by atoms with Gasteiger partial charge in [-0.25, -0.2) is 0 Å². The van der Waals surface area contributed by atoms with Crippen LogP contribution in [0.1, 0.15) is 33.6 Å². The van der Waals surface area contributed by atoms with E-state index in [4.69, 9.17) is 0 Å². The smallest absolute Gasteiger partial charge is 0.261 e. The van der Waals surface area contributed by atoms with Gasteiger partial charge < -0.3 is 10.4 Å². The third-order valence-corrected chi connectivity index (χ3v) is 8.13. The van der Waals surface area contributed by atoms with Crippen LogP contribution in [0.5, 0.6) is 0 Å². The minimum Gasteiger partial charge on any atom is -0.393 e. The minimum atomic E-state index is -0.134. The second kappa shape index (κ2) is 8.47. The van der Waals surface area contributed by atoms with Crippen molar-refractivity contribution in [1.29, 1.82) is 0 Å². The first-order chi connectivity index (χ1) is 14.7. The number of hydrogen-bond acceptors (Lipinski definition) is 5. The standard InChI is InChI=1S/C24H24N2O2S2/c27-18-9-11-26(12-10-18)15-17-7-5-16(6-8-17)14-25-24(28)22-13-21-23(30-22)19-3-1-2-4-20(19)29-21/h1-8,13,18,27H,9-12,14-15H2,(H,25,28). The number of rotatable bonds is 5. The van der Waals surface area contributed by atoms with Crippen LogP contribution < -0.4 is 5.32 Å². The number of benzene rings is 2. The molecule has 30 heavy (non-hydrogen) atoms. The predicted octanol–water partition coefficient (Wildman–Crippen LogP) is 5.00. The van der Waals surface area contributed by atoms with Crippen LogP contribution in [0, 0.1) is 0 Å². The van der Waals surface area contributed by atoms with Crippen LogP contribution in [0.4, 0.5) is 0 Å². The average Bonchev–Trinajstić information content (AvgIpc) is 3.33. The number of amides is 1. The van der Waals surface area contributed by atoms with E-state index in [2.05, 4.69) is 52.7 Å². The number of hydrogen-bond donors (Lipinski definition) is 2. The number of piperidine rings is 1. The third-order valence-electron chi connectivity index (χ3n) is 5.71. The number of nitrogens with zero attached hydrogens (tertiary/aromatic N) is 1. The van der Waals surface area contributed by atoms with Crippen molar-refractivity contribution in [2.75, 3.05) is 13.1 Å². The molecule has 0 radical (unpaired) electrons. The Morgan fingerprint density at radius 3 is 2.53 bits per heavy atom. The van der Waals surface area contributed by atoms with E-state index in [1.807, 2.05) is 12.1 Å². The number of nitrogens with one attached hydrogen (secondary N) is 1. The molecule has 1 fully saturated rings. The van der Waals surface area contributed by atoms with Crippen LogP contribution >= 0.6 is 22.7 Å². The summed E-state index contributed by atoms with van der Waals surface area (Å²) in [6.07, 6.45) is 1.59. The Balaban J connectivity index is 1.19. The summed E-state index contributed by atoms with van der Waals surface area (Å²) in [4.78, 5) is 15.8. The molecule has 0 saturated carbocycles. The Morgan fingerprint density at radius 1 is 1.00 bits per heavy atom. The fourth-order valence-electron chi connectivity index (χ4n) is 3.98. The van der Waals surface area contributed by atoms with Gasteiger partial charge in [0.05, 0.1) is 15.7 Å². The van der Waals surface area contributed by atoms with Crippen molar-refractivity contribution in [2.24, 2.45) is 0 Å². The van der Waals surface area contributed by atoms with E-state index in [0.717, 1.165) is 42.9 Å². The van der Waals surface area contributed by atoms with Gasteiger partial charge in [0.2, 0.25) is 0 Å². The largest absolute Gasteiger partial charge is 0.393 e. The fourth-order valence-corrected chi connectivity index (χ4v) is 6.42. The Kier molecular flexibility index (Phi) is 5.56. The van der Waals surface area contributed by atoms with Crippen LogP contribution in [0.25, 0.3) is 19.5 Å². The van der Waals surface area contributed by atoms with Crippen LogP contribution in [0.3, 0.4) is 0 Å². The summed E-state index contributed by atoms with van der Waals surface area (Å²) in [5.41, 5.74) is 2.37. The van der Waals surface area contributed by atoms with E-state index in [-0.39, 0.29) is 12.0 Å². The molecule has 2 aromatic heterocycles. The van der Waals surface area contributed by atoms with Crippen molar-refractivity contribution in [3.63, 3.8) is 0 Å². The van der Waals surface area contributed by atoms with Crippen molar-refractivity contribution >= 4 is 48.1 Å². The normalized spacial score (nSPS) is 15.8. The van der Waals surface area contributed by atoms with E-state index in [1.165, 1.54) is 25.0 Å². The first-order valence-corrected chi connectivity index (χ1v) is 12.0. The molecule has 1 aliphatic heterocycles. The number of thiophene rings is 2. The lowest BCUT2D eigenvalue weighted by atomic mass is 10.1. The summed E-state index contributed by atoms with van der Waals surface area (Å²) in [7, 11) is 0. The molecule has 0 aliphatic carbocycles. The van der Waals surface area contributed by atoms with Gasteiger partial charge in [-0.2, -0.15) is 0 Å². The molecule has 154 valence electrons. The van der Waals surface area contributed by atoms with E-state index in [0.29, 0.717) is 6.54 Å². The number of aliphatic hydroxyl groups excluding tert-OH is 1. The number of likely N-dealkylation sites (tertiary alicyclic amines) is 1. The van der Waals surface area contributed by atoms with Crippen LogP contribution in [-0.4, -0.2) is 35.1 Å². The van der Waals surface area contributed by atoms with Gasteiger partial charge in [0.15, 0.2) is 0 Å². The molecule has 6 heteroatoms. The Hall–Kier alpha value is -2.25. The third kappa shape index (κ3) is 4.14. The van der Waals surface area contributed by atoms with Crippen molar-refractivity contribution in [3.8, 4) is 0 Å². The Labute approximate surface area is 183 Å². The Morgan fingerprint density at radius 2 is 1.73 bits per heavy atom. The average molecular weight is 437 g/mol. The molecule has 1 saturated heterocycles. The highest BCUT2D eigenvalue weighted by Crippen LogP contribution is 2.39. The molecule has 2 aromatic carbocycles. The molecule has 1 amide bonds. The topological polar surface area (TPSA) is 52.6 Å². The van der Waals surface area contributed by atoms with Gasteiger partial charge in [0, 0.05) is 41.0 Å². The van der Waals surface area contributed by atoms with Crippen molar-refractivity contribution in [1.82, 2.24) is 10.2 Å². The van der Waals surface area contributed by atoms with Gasteiger partial charge in [-0.3, -0.25) is 9.69 Å². The summed E-state index contributed by atoms with van der Waals surface area (Å²) < 4.78 is 3.66. The molecule has 3 heterocycles. The summed E-state index contributed by atoms with van der Waals surface area (Å²) in [6.45, 7) is 3.35. The summed E-state index contributed by atoms with van der Waals surface area (Å²) in [5, 5.41) is 13.9. The van der Waals surface area contributed by atoms with Crippen molar-refractivity contribution in [3.05, 3.63) is 70.6 Å². The summed E-state index contributed by atoms with van der Waals surface area (Å²) in [6, 6.07) is 18.8. The van der Waals surface area contributed by atoms with Gasteiger partial charge in [0.25, 0.3) is 5.91 Å². The highest BCUT2D eigenvalue weighted by atomic mass is 32.1. The molecule has 4 nitrogen and oxygen atoms in total. The molecule has 0 spiro atoms. The van der Waals surface area contributed by atoms with E-state index in [9.17, 15) is 9.90 Å². The highest BCUT2D eigenvalue weighted by molar-refractivity contribution is 7.33. The number of carbonyl (C=O) groups excluding carboxylic acids is 1. The molecule has 1 aliphatic rings. The Bertz CT molecular complexity index is 1170. The molecule has 4 aromatic rings. The molecule has 0 unspecified atom stereocenters. The van der Waals surface area contributed by atoms with Gasteiger partial charge in [0.1, 0.15) is 0 Å². The zero-order chi connectivity index (χ0) is 20.5. The summed E-state index contributed by atoms with van der Waals surface area (Å²) in [5.74, 6) is -0.0107. The SMILES string of the molecule is O=C(NCc1ccc(CN2CCC(O)CC2)cc1)c1cc2sc3ccccc3c2s1. The maximum absolute atomic E-state index is 12.7. The van der Waals surface area contributed by atoms with E-state index >= 15 is 0 Å². The fraction of sp³-hybridized carbons (Fsp3) is 0.292. The molecular formula is C24H24N2O2S2. The summed E-state index contributed by atoms with van der Waals surface area (Å²) >= 11 is 3.32. The second-order valence-corrected chi connectivity index (χ2v) is 10.0. The van der Waals surface area contributed by atoms with Crippen LogP contribution in [0.2, 0.25) is 0 Å². The van der Waals surface area contributed by atoms with Crippen molar-refractivity contribution < 1.29 is 9.90 Å². The maximum Gasteiger partial charge on any atom is 0.261 e. The lowest BCUT2D eigenvalue weighted by molar-refractivity contribution is 0.0792.